The molecule has 21 heavy (non-hydrogen) atoms. The zero-order chi connectivity index (χ0) is 15.2. The maximum absolute atomic E-state index is 13.4. The summed E-state index contributed by atoms with van der Waals surface area (Å²) in [5, 5.41) is 2.74. The number of nitrogens with one attached hydrogen (secondary N) is 1. The van der Waals surface area contributed by atoms with Gasteiger partial charge in [0, 0.05) is 0 Å². The number of hydrogen-bond donors (Lipinski definition) is 2. The van der Waals surface area contributed by atoms with Crippen molar-refractivity contribution in [3.05, 3.63) is 30.1 Å². The van der Waals surface area contributed by atoms with Crippen LogP contribution in [-0.2, 0) is 4.79 Å². The van der Waals surface area contributed by atoms with Crippen molar-refractivity contribution in [3.63, 3.8) is 0 Å². The third-order valence-corrected chi connectivity index (χ3v) is 3.00. The van der Waals surface area contributed by atoms with E-state index in [1.807, 2.05) is 6.92 Å². The molecular formula is C15H24ClFN2O2. The summed E-state index contributed by atoms with van der Waals surface area (Å²) in [6.45, 7) is 5.72. The van der Waals surface area contributed by atoms with Gasteiger partial charge in [-0.1, -0.05) is 25.5 Å². The van der Waals surface area contributed by atoms with E-state index in [4.69, 9.17) is 10.5 Å². The van der Waals surface area contributed by atoms with Crippen molar-refractivity contribution in [2.24, 2.45) is 5.73 Å². The maximum Gasteiger partial charge on any atom is 0.239 e. The molecule has 0 radical (unpaired) electrons. The van der Waals surface area contributed by atoms with Crippen LogP contribution in [-0.4, -0.2) is 24.1 Å². The molecule has 0 aliphatic rings. The number of para-hydroxylation sites is 1. The highest BCUT2D eigenvalue weighted by atomic mass is 35.5. The first-order valence-electron chi connectivity index (χ1n) is 6.85. The van der Waals surface area contributed by atoms with Gasteiger partial charge in [-0.05, 0) is 32.4 Å². The van der Waals surface area contributed by atoms with Crippen molar-refractivity contribution in [2.75, 3.05) is 6.54 Å². The van der Waals surface area contributed by atoms with E-state index in [2.05, 4.69) is 5.32 Å². The Hall–Kier alpha value is -1.33. The predicted molar refractivity (Wildman–Crippen MR) is 84.2 cm³/mol. The molecule has 120 valence electrons. The summed E-state index contributed by atoms with van der Waals surface area (Å²) < 4.78 is 18.8. The van der Waals surface area contributed by atoms with Gasteiger partial charge in [-0.25, -0.2) is 4.39 Å². The molecule has 0 fully saturated rings. The SMILES string of the molecule is CCCC(C)(N)C(=O)NCC(C)Oc1ccccc1F.Cl. The molecule has 0 spiro atoms. The van der Waals surface area contributed by atoms with Crippen molar-refractivity contribution in [2.45, 2.75) is 45.3 Å². The van der Waals surface area contributed by atoms with Crippen LogP contribution in [0.4, 0.5) is 4.39 Å². The van der Waals surface area contributed by atoms with Crippen molar-refractivity contribution in [1.82, 2.24) is 5.32 Å². The second kappa shape index (κ2) is 8.85. The van der Waals surface area contributed by atoms with Gasteiger partial charge in [0.2, 0.25) is 5.91 Å². The van der Waals surface area contributed by atoms with Gasteiger partial charge in [-0.15, -0.1) is 12.4 Å². The fourth-order valence-electron chi connectivity index (χ4n) is 1.87. The van der Waals surface area contributed by atoms with E-state index in [1.165, 1.54) is 6.07 Å². The highest BCUT2D eigenvalue weighted by Crippen LogP contribution is 2.16. The molecule has 1 rings (SSSR count). The number of hydrogen-bond acceptors (Lipinski definition) is 3. The highest BCUT2D eigenvalue weighted by Gasteiger charge is 2.27. The summed E-state index contributed by atoms with van der Waals surface area (Å²) in [7, 11) is 0. The first-order chi connectivity index (χ1) is 9.36. The number of amides is 1. The lowest BCUT2D eigenvalue weighted by Crippen LogP contribution is -2.53. The molecule has 0 aliphatic heterocycles. The monoisotopic (exact) mass is 318 g/mol. The Morgan fingerprint density at radius 2 is 2.10 bits per heavy atom. The zero-order valence-electron chi connectivity index (χ0n) is 12.7. The Bertz CT molecular complexity index is 455. The lowest BCUT2D eigenvalue weighted by atomic mass is 9.96. The van der Waals surface area contributed by atoms with Gasteiger partial charge in [-0.2, -0.15) is 0 Å². The van der Waals surface area contributed by atoms with Crippen LogP contribution in [0.25, 0.3) is 0 Å². The third kappa shape index (κ3) is 6.31. The van der Waals surface area contributed by atoms with Gasteiger partial charge in [0.25, 0.3) is 0 Å². The Morgan fingerprint density at radius 1 is 1.48 bits per heavy atom. The van der Waals surface area contributed by atoms with Crippen LogP contribution < -0.4 is 15.8 Å². The molecule has 0 heterocycles. The molecule has 1 amide bonds. The number of carbonyl (C=O) groups excluding carboxylic acids is 1. The van der Waals surface area contributed by atoms with Crippen molar-refractivity contribution >= 4 is 18.3 Å². The van der Waals surface area contributed by atoms with Crippen LogP contribution in [0.3, 0.4) is 0 Å². The lowest BCUT2D eigenvalue weighted by Gasteiger charge is -2.24. The maximum atomic E-state index is 13.4. The Kier molecular flexibility index (Phi) is 8.29. The first-order valence-corrected chi connectivity index (χ1v) is 6.85. The van der Waals surface area contributed by atoms with Crippen molar-refractivity contribution < 1.29 is 13.9 Å². The molecular weight excluding hydrogens is 295 g/mol. The van der Waals surface area contributed by atoms with E-state index in [0.29, 0.717) is 6.42 Å². The number of benzene rings is 1. The topological polar surface area (TPSA) is 64.4 Å². The first kappa shape index (κ1) is 19.7. The van der Waals surface area contributed by atoms with Crippen molar-refractivity contribution in [1.29, 1.82) is 0 Å². The summed E-state index contributed by atoms with van der Waals surface area (Å²) in [5.74, 6) is -0.457. The van der Waals surface area contributed by atoms with E-state index >= 15 is 0 Å². The average molecular weight is 319 g/mol. The van der Waals surface area contributed by atoms with E-state index in [1.54, 1.807) is 32.0 Å². The van der Waals surface area contributed by atoms with Crippen molar-refractivity contribution in [3.8, 4) is 5.75 Å². The summed E-state index contributed by atoms with van der Waals surface area (Å²) >= 11 is 0. The number of nitrogens with two attached hydrogens (primary N) is 1. The van der Waals surface area contributed by atoms with Gasteiger partial charge < -0.3 is 15.8 Å². The molecule has 1 aromatic rings. The van der Waals surface area contributed by atoms with Crippen LogP contribution in [0.15, 0.2) is 24.3 Å². The Balaban J connectivity index is 0.00000400. The normalized spacial score (nSPS) is 14.5. The van der Waals surface area contributed by atoms with E-state index in [9.17, 15) is 9.18 Å². The summed E-state index contributed by atoms with van der Waals surface area (Å²) in [5.41, 5.74) is 5.04. The Labute approximate surface area is 131 Å². The molecule has 2 unspecified atom stereocenters. The molecule has 0 aromatic heterocycles. The van der Waals surface area contributed by atoms with E-state index in [0.717, 1.165) is 6.42 Å². The van der Waals surface area contributed by atoms with Gasteiger partial charge in [0.05, 0.1) is 12.1 Å². The van der Waals surface area contributed by atoms with Gasteiger partial charge >= 0.3 is 0 Å². The molecule has 0 saturated carbocycles. The fourth-order valence-corrected chi connectivity index (χ4v) is 1.87. The minimum Gasteiger partial charge on any atom is -0.486 e. The van der Waals surface area contributed by atoms with Crippen LogP contribution in [0.5, 0.6) is 5.75 Å². The number of carbonyl (C=O) groups is 1. The molecule has 0 bridgehead atoms. The van der Waals surface area contributed by atoms with Crippen LogP contribution in [0.1, 0.15) is 33.6 Å². The molecule has 1 aromatic carbocycles. The minimum absolute atomic E-state index is 0. The van der Waals surface area contributed by atoms with E-state index < -0.39 is 11.4 Å². The van der Waals surface area contributed by atoms with Crippen LogP contribution in [0, 0.1) is 5.82 Å². The third-order valence-electron chi connectivity index (χ3n) is 3.00. The van der Waals surface area contributed by atoms with Gasteiger partial charge in [-0.3, -0.25) is 4.79 Å². The molecule has 2 atom stereocenters. The van der Waals surface area contributed by atoms with E-state index in [-0.39, 0.29) is 36.7 Å². The smallest absolute Gasteiger partial charge is 0.239 e. The largest absolute Gasteiger partial charge is 0.486 e. The van der Waals surface area contributed by atoms with Crippen LogP contribution >= 0.6 is 12.4 Å². The molecule has 4 nitrogen and oxygen atoms in total. The highest BCUT2D eigenvalue weighted by molar-refractivity contribution is 5.85. The average Bonchev–Trinajstić information content (AvgIpc) is 2.38. The zero-order valence-corrected chi connectivity index (χ0v) is 13.5. The summed E-state index contributed by atoms with van der Waals surface area (Å²) in [4.78, 5) is 11.9. The standard InChI is InChI=1S/C15H23FN2O2.ClH/c1-4-9-15(3,17)14(19)18-10-11(2)20-13-8-6-5-7-12(13)16;/h5-8,11H,4,9-10,17H2,1-3H3,(H,18,19);1H. The Morgan fingerprint density at radius 3 is 2.67 bits per heavy atom. The predicted octanol–water partition coefficient (Wildman–Crippen LogP) is 2.65. The lowest BCUT2D eigenvalue weighted by molar-refractivity contribution is -0.126. The quantitative estimate of drug-likeness (QED) is 0.812. The summed E-state index contributed by atoms with van der Waals surface area (Å²) in [6, 6.07) is 6.18. The molecule has 6 heteroatoms. The fraction of sp³-hybridized carbons (Fsp3) is 0.533. The molecule has 3 N–H and O–H groups in total. The second-order valence-electron chi connectivity index (χ2n) is 5.24. The second-order valence-corrected chi connectivity index (χ2v) is 5.24. The number of ether oxygens (including phenoxy) is 1. The number of halogens is 2. The summed E-state index contributed by atoms with van der Waals surface area (Å²) in [6.07, 6.45) is 1.11. The minimum atomic E-state index is -0.882. The van der Waals surface area contributed by atoms with Gasteiger partial charge in [0.1, 0.15) is 6.10 Å². The molecule has 0 saturated heterocycles. The van der Waals surface area contributed by atoms with Crippen LogP contribution in [0.2, 0.25) is 0 Å². The number of rotatable bonds is 7. The van der Waals surface area contributed by atoms with Gasteiger partial charge in [0.15, 0.2) is 11.6 Å². The molecule has 0 aliphatic carbocycles.